The van der Waals surface area contributed by atoms with Crippen molar-refractivity contribution >= 4 is 0 Å². The number of nitrogens with one attached hydrogen (secondary N) is 1. The number of hydrogen-bond acceptors (Lipinski definition) is 2. The summed E-state index contributed by atoms with van der Waals surface area (Å²) in [5.41, 5.74) is 0. The van der Waals surface area contributed by atoms with Gasteiger partial charge >= 0.3 is 0 Å². The van der Waals surface area contributed by atoms with Gasteiger partial charge in [0.25, 0.3) is 0 Å². The van der Waals surface area contributed by atoms with Crippen molar-refractivity contribution in [2.45, 2.75) is 32.2 Å². The van der Waals surface area contributed by atoms with Crippen LogP contribution in [0.2, 0.25) is 0 Å². The normalized spacial score (nSPS) is 24.9. The quantitative estimate of drug-likeness (QED) is 0.511. The molecule has 1 rings (SSSR count). The Bertz CT molecular complexity index is 128. The molecule has 0 amide bonds. The molecule has 1 aliphatic rings. The lowest BCUT2D eigenvalue weighted by atomic mass is 10.1. The van der Waals surface area contributed by atoms with Gasteiger partial charge in [-0.05, 0) is 32.7 Å². The molecule has 1 heterocycles. The third kappa shape index (κ3) is 3.88. The van der Waals surface area contributed by atoms with E-state index in [1.165, 1.54) is 12.8 Å². The van der Waals surface area contributed by atoms with Crippen LogP contribution in [0.25, 0.3) is 0 Å². The molecule has 0 bridgehead atoms. The fraction of sp³-hybridized carbons (Fsp3) is 0.800. The molecule has 0 aromatic rings. The molecule has 0 spiro atoms. The SMILES string of the molecule is C/C=C/CCNC1CCCOC1. The number of hydrogen-bond donors (Lipinski definition) is 1. The minimum atomic E-state index is 0.601. The van der Waals surface area contributed by atoms with Gasteiger partial charge in [0.05, 0.1) is 6.61 Å². The molecular formula is C10H19NO. The molecule has 1 saturated heterocycles. The van der Waals surface area contributed by atoms with Crippen LogP contribution in [0, 0.1) is 0 Å². The highest BCUT2D eigenvalue weighted by Crippen LogP contribution is 2.05. The topological polar surface area (TPSA) is 21.3 Å². The first-order valence-corrected chi connectivity index (χ1v) is 4.86. The number of ether oxygens (including phenoxy) is 1. The predicted octanol–water partition coefficient (Wildman–Crippen LogP) is 1.72. The van der Waals surface area contributed by atoms with Crippen molar-refractivity contribution in [1.82, 2.24) is 5.32 Å². The lowest BCUT2D eigenvalue weighted by Crippen LogP contribution is -2.37. The smallest absolute Gasteiger partial charge is 0.0619 e. The molecule has 70 valence electrons. The van der Waals surface area contributed by atoms with Crippen LogP contribution in [-0.4, -0.2) is 25.8 Å². The number of allylic oxidation sites excluding steroid dienone is 1. The van der Waals surface area contributed by atoms with E-state index in [0.29, 0.717) is 6.04 Å². The van der Waals surface area contributed by atoms with Crippen molar-refractivity contribution < 1.29 is 4.74 Å². The van der Waals surface area contributed by atoms with Crippen molar-refractivity contribution in [3.05, 3.63) is 12.2 Å². The summed E-state index contributed by atoms with van der Waals surface area (Å²) in [5, 5.41) is 3.48. The zero-order chi connectivity index (χ0) is 8.65. The average molecular weight is 169 g/mol. The molecule has 0 saturated carbocycles. The maximum atomic E-state index is 5.36. The minimum absolute atomic E-state index is 0.601. The van der Waals surface area contributed by atoms with E-state index < -0.39 is 0 Å². The first-order valence-electron chi connectivity index (χ1n) is 4.86. The van der Waals surface area contributed by atoms with E-state index in [1.54, 1.807) is 0 Å². The summed E-state index contributed by atoms with van der Waals surface area (Å²) >= 11 is 0. The Morgan fingerprint density at radius 1 is 1.58 bits per heavy atom. The summed E-state index contributed by atoms with van der Waals surface area (Å²) in [6.07, 6.45) is 7.90. The van der Waals surface area contributed by atoms with E-state index in [2.05, 4.69) is 24.4 Å². The Balaban J connectivity index is 1.97. The Morgan fingerprint density at radius 3 is 3.17 bits per heavy atom. The van der Waals surface area contributed by atoms with Crippen LogP contribution < -0.4 is 5.32 Å². The minimum Gasteiger partial charge on any atom is -0.380 e. The van der Waals surface area contributed by atoms with Gasteiger partial charge in [-0.2, -0.15) is 0 Å². The first-order chi connectivity index (χ1) is 5.93. The van der Waals surface area contributed by atoms with Gasteiger partial charge in [-0.25, -0.2) is 0 Å². The molecule has 1 fully saturated rings. The molecule has 0 aliphatic carbocycles. The summed E-state index contributed by atoms with van der Waals surface area (Å²) in [6, 6.07) is 0.601. The molecule has 1 aliphatic heterocycles. The third-order valence-corrected chi connectivity index (χ3v) is 2.14. The zero-order valence-corrected chi connectivity index (χ0v) is 7.88. The van der Waals surface area contributed by atoms with Gasteiger partial charge in [-0.15, -0.1) is 0 Å². The Kier molecular flexibility index (Phi) is 5.04. The summed E-state index contributed by atoms with van der Waals surface area (Å²) in [4.78, 5) is 0. The molecule has 0 aromatic heterocycles. The van der Waals surface area contributed by atoms with E-state index in [0.717, 1.165) is 26.2 Å². The lowest BCUT2D eigenvalue weighted by Gasteiger charge is -2.22. The van der Waals surface area contributed by atoms with E-state index in [1.807, 2.05) is 0 Å². The van der Waals surface area contributed by atoms with Gasteiger partial charge in [0.15, 0.2) is 0 Å². The molecule has 0 aromatic carbocycles. The van der Waals surface area contributed by atoms with Crippen molar-refractivity contribution in [3.63, 3.8) is 0 Å². The molecule has 1 atom stereocenters. The highest BCUT2D eigenvalue weighted by atomic mass is 16.5. The standard InChI is InChI=1S/C10H19NO/c1-2-3-4-7-11-10-6-5-8-12-9-10/h2-3,10-11H,4-9H2,1H3/b3-2+. The summed E-state index contributed by atoms with van der Waals surface area (Å²) < 4.78 is 5.36. The van der Waals surface area contributed by atoms with Crippen molar-refractivity contribution in [3.8, 4) is 0 Å². The molecule has 2 heteroatoms. The van der Waals surface area contributed by atoms with Crippen LogP contribution in [0.4, 0.5) is 0 Å². The fourth-order valence-electron chi connectivity index (χ4n) is 1.44. The van der Waals surface area contributed by atoms with Gasteiger partial charge in [0, 0.05) is 12.6 Å². The van der Waals surface area contributed by atoms with Crippen LogP contribution in [-0.2, 0) is 4.74 Å². The van der Waals surface area contributed by atoms with Crippen LogP contribution >= 0.6 is 0 Å². The van der Waals surface area contributed by atoms with Crippen LogP contribution in [0.15, 0.2) is 12.2 Å². The van der Waals surface area contributed by atoms with E-state index in [4.69, 9.17) is 4.74 Å². The van der Waals surface area contributed by atoms with Gasteiger partial charge in [0.2, 0.25) is 0 Å². The van der Waals surface area contributed by atoms with Gasteiger partial charge in [0.1, 0.15) is 0 Å². The van der Waals surface area contributed by atoms with Crippen molar-refractivity contribution in [2.24, 2.45) is 0 Å². The van der Waals surface area contributed by atoms with Crippen LogP contribution in [0.3, 0.4) is 0 Å². The molecule has 2 nitrogen and oxygen atoms in total. The van der Waals surface area contributed by atoms with E-state index in [9.17, 15) is 0 Å². The summed E-state index contributed by atoms with van der Waals surface area (Å²) in [6.45, 7) is 4.99. The fourth-order valence-corrected chi connectivity index (χ4v) is 1.44. The second-order valence-electron chi connectivity index (χ2n) is 3.23. The van der Waals surface area contributed by atoms with Crippen molar-refractivity contribution in [2.75, 3.05) is 19.8 Å². The maximum absolute atomic E-state index is 5.36. The monoisotopic (exact) mass is 169 g/mol. The third-order valence-electron chi connectivity index (χ3n) is 2.14. The van der Waals surface area contributed by atoms with E-state index in [-0.39, 0.29) is 0 Å². The van der Waals surface area contributed by atoms with Gasteiger partial charge in [-0.1, -0.05) is 12.2 Å². The Hall–Kier alpha value is -0.340. The Morgan fingerprint density at radius 2 is 2.50 bits per heavy atom. The average Bonchev–Trinajstić information content (AvgIpc) is 2.14. The highest BCUT2D eigenvalue weighted by Gasteiger charge is 2.11. The maximum Gasteiger partial charge on any atom is 0.0619 e. The van der Waals surface area contributed by atoms with E-state index >= 15 is 0 Å². The highest BCUT2D eigenvalue weighted by molar-refractivity contribution is 4.79. The van der Waals surface area contributed by atoms with Gasteiger partial charge < -0.3 is 10.1 Å². The molecular weight excluding hydrogens is 150 g/mol. The molecule has 1 N–H and O–H groups in total. The molecule has 12 heavy (non-hydrogen) atoms. The number of rotatable bonds is 4. The lowest BCUT2D eigenvalue weighted by molar-refractivity contribution is 0.0708. The molecule has 0 radical (unpaired) electrons. The van der Waals surface area contributed by atoms with Gasteiger partial charge in [-0.3, -0.25) is 0 Å². The van der Waals surface area contributed by atoms with Crippen LogP contribution in [0.1, 0.15) is 26.2 Å². The largest absolute Gasteiger partial charge is 0.380 e. The zero-order valence-electron chi connectivity index (χ0n) is 7.88. The summed E-state index contributed by atoms with van der Waals surface area (Å²) in [7, 11) is 0. The predicted molar refractivity (Wildman–Crippen MR) is 51.3 cm³/mol. The second-order valence-corrected chi connectivity index (χ2v) is 3.23. The summed E-state index contributed by atoms with van der Waals surface area (Å²) in [5.74, 6) is 0. The van der Waals surface area contributed by atoms with Crippen LogP contribution in [0.5, 0.6) is 0 Å². The Labute approximate surface area is 75.0 Å². The van der Waals surface area contributed by atoms with Crippen molar-refractivity contribution in [1.29, 1.82) is 0 Å². The molecule has 1 unspecified atom stereocenters. The first kappa shape index (κ1) is 9.75. The second kappa shape index (κ2) is 6.21.